The standard InChI is InChI=1S/C26H21FN6O/c1-16-21(3-2-12-29-16)15-30-26(34)24-25(18-4-5-18)33(32-31-24)22-10-8-17(9-11-22)19-6-7-20(14-28)23(27)13-19/h2-3,6-13,18H,4-5,15H2,1H3,(H,30,34). The van der Waals surface area contributed by atoms with Crippen LogP contribution in [0.4, 0.5) is 4.39 Å². The van der Waals surface area contributed by atoms with E-state index in [9.17, 15) is 9.18 Å². The topological polar surface area (TPSA) is 96.5 Å². The van der Waals surface area contributed by atoms with Gasteiger partial charge in [-0.3, -0.25) is 9.78 Å². The van der Waals surface area contributed by atoms with Crippen molar-refractivity contribution in [2.75, 3.05) is 0 Å². The number of aryl methyl sites for hydroxylation is 1. The molecule has 8 heteroatoms. The van der Waals surface area contributed by atoms with Crippen LogP contribution in [-0.2, 0) is 6.54 Å². The van der Waals surface area contributed by atoms with Gasteiger partial charge in [-0.05, 0) is 66.8 Å². The van der Waals surface area contributed by atoms with Gasteiger partial charge in [0.05, 0.1) is 16.9 Å². The predicted octanol–water partition coefficient (Wildman–Crippen LogP) is 4.46. The molecule has 0 bridgehead atoms. The zero-order valence-corrected chi connectivity index (χ0v) is 18.5. The van der Waals surface area contributed by atoms with Crippen molar-refractivity contribution < 1.29 is 9.18 Å². The van der Waals surface area contributed by atoms with Gasteiger partial charge in [0.15, 0.2) is 5.69 Å². The molecule has 1 saturated carbocycles. The third-order valence-electron chi connectivity index (χ3n) is 5.97. The molecule has 4 aromatic rings. The summed E-state index contributed by atoms with van der Waals surface area (Å²) in [6.45, 7) is 2.27. The number of carbonyl (C=O) groups is 1. The smallest absolute Gasteiger partial charge is 0.274 e. The van der Waals surface area contributed by atoms with Crippen molar-refractivity contribution in [1.29, 1.82) is 5.26 Å². The Balaban J connectivity index is 1.39. The summed E-state index contributed by atoms with van der Waals surface area (Å²) in [4.78, 5) is 17.2. The second-order valence-electron chi connectivity index (χ2n) is 8.29. The Morgan fingerprint density at radius 3 is 2.62 bits per heavy atom. The fraction of sp³-hybridized carbons (Fsp3) is 0.192. The van der Waals surface area contributed by atoms with Crippen LogP contribution in [0.3, 0.4) is 0 Å². The van der Waals surface area contributed by atoms with Gasteiger partial charge in [0.1, 0.15) is 11.9 Å². The van der Waals surface area contributed by atoms with Crippen LogP contribution in [0.25, 0.3) is 16.8 Å². The molecule has 2 aromatic heterocycles. The minimum atomic E-state index is -0.548. The van der Waals surface area contributed by atoms with Gasteiger partial charge < -0.3 is 5.32 Å². The SMILES string of the molecule is Cc1ncccc1CNC(=O)c1nnn(-c2ccc(-c3ccc(C#N)c(F)c3)cc2)c1C1CC1. The first-order valence-electron chi connectivity index (χ1n) is 11.0. The lowest BCUT2D eigenvalue weighted by Gasteiger charge is -2.10. The summed E-state index contributed by atoms with van der Waals surface area (Å²) >= 11 is 0. The fourth-order valence-electron chi connectivity index (χ4n) is 3.91. The maximum Gasteiger partial charge on any atom is 0.274 e. The lowest BCUT2D eigenvalue weighted by molar-refractivity contribution is 0.0944. The van der Waals surface area contributed by atoms with Gasteiger partial charge in [-0.2, -0.15) is 5.26 Å². The van der Waals surface area contributed by atoms with Crippen molar-refractivity contribution in [3.63, 3.8) is 0 Å². The molecule has 0 saturated heterocycles. The Kier molecular flexibility index (Phi) is 5.60. The molecule has 1 N–H and O–H groups in total. The summed E-state index contributed by atoms with van der Waals surface area (Å²) in [6, 6.07) is 17.6. The molecule has 0 spiro atoms. The molecular weight excluding hydrogens is 431 g/mol. The highest BCUT2D eigenvalue weighted by molar-refractivity contribution is 5.93. The minimum absolute atomic E-state index is 0.0153. The van der Waals surface area contributed by atoms with Crippen molar-refractivity contribution in [2.45, 2.75) is 32.2 Å². The van der Waals surface area contributed by atoms with Crippen LogP contribution in [-0.4, -0.2) is 25.9 Å². The fourth-order valence-corrected chi connectivity index (χ4v) is 3.91. The lowest BCUT2D eigenvalue weighted by Crippen LogP contribution is -2.25. The highest BCUT2D eigenvalue weighted by Gasteiger charge is 2.34. The molecule has 0 aliphatic heterocycles. The van der Waals surface area contributed by atoms with E-state index in [4.69, 9.17) is 5.26 Å². The van der Waals surface area contributed by atoms with E-state index in [1.54, 1.807) is 16.9 Å². The first kappa shape index (κ1) is 21.5. The molecule has 1 amide bonds. The van der Waals surface area contributed by atoms with E-state index in [1.807, 2.05) is 49.4 Å². The van der Waals surface area contributed by atoms with E-state index in [0.717, 1.165) is 41.0 Å². The van der Waals surface area contributed by atoms with E-state index in [-0.39, 0.29) is 17.4 Å². The molecule has 2 heterocycles. The normalized spacial score (nSPS) is 12.9. The molecule has 7 nitrogen and oxygen atoms in total. The van der Waals surface area contributed by atoms with Crippen LogP contribution in [0.15, 0.2) is 60.8 Å². The number of hydrogen-bond donors (Lipinski definition) is 1. The summed E-state index contributed by atoms with van der Waals surface area (Å²) in [7, 11) is 0. The van der Waals surface area contributed by atoms with Crippen LogP contribution < -0.4 is 5.32 Å². The maximum absolute atomic E-state index is 14.0. The first-order valence-corrected chi connectivity index (χ1v) is 11.0. The Morgan fingerprint density at radius 2 is 1.94 bits per heavy atom. The van der Waals surface area contributed by atoms with Crippen LogP contribution in [0.1, 0.15) is 51.8 Å². The Hall–Kier alpha value is -4.38. The third-order valence-corrected chi connectivity index (χ3v) is 5.97. The van der Waals surface area contributed by atoms with Crippen LogP contribution in [0.5, 0.6) is 0 Å². The van der Waals surface area contributed by atoms with Crippen LogP contribution >= 0.6 is 0 Å². The Labute approximate surface area is 195 Å². The molecule has 1 aliphatic rings. The Morgan fingerprint density at radius 1 is 1.18 bits per heavy atom. The monoisotopic (exact) mass is 452 g/mol. The molecule has 0 radical (unpaired) electrons. The van der Waals surface area contributed by atoms with Gasteiger partial charge >= 0.3 is 0 Å². The van der Waals surface area contributed by atoms with E-state index >= 15 is 0 Å². The van der Waals surface area contributed by atoms with Gasteiger partial charge in [0.25, 0.3) is 5.91 Å². The molecule has 1 aliphatic carbocycles. The Bertz CT molecular complexity index is 1420. The third kappa shape index (κ3) is 4.16. The number of hydrogen-bond acceptors (Lipinski definition) is 5. The van der Waals surface area contributed by atoms with Crippen molar-refractivity contribution in [3.05, 3.63) is 94.8 Å². The van der Waals surface area contributed by atoms with Crippen molar-refractivity contribution >= 4 is 5.91 Å². The molecule has 0 unspecified atom stereocenters. The van der Waals surface area contributed by atoms with E-state index in [2.05, 4.69) is 20.6 Å². The van der Waals surface area contributed by atoms with E-state index < -0.39 is 5.82 Å². The summed E-state index contributed by atoms with van der Waals surface area (Å²) in [5.41, 5.74) is 5.23. The number of amides is 1. The second kappa shape index (κ2) is 8.87. The molecular formula is C26H21FN6O. The number of benzene rings is 2. The molecule has 0 atom stereocenters. The maximum atomic E-state index is 14.0. The van der Waals surface area contributed by atoms with Crippen molar-refractivity contribution in [2.24, 2.45) is 0 Å². The summed E-state index contributed by atoms with van der Waals surface area (Å²) in [6.07, 6.45) is 3.69. The number of nitrogens with zero attached hydrogens (tertiary/aromatic N) is 5. The average Bonchev–Trinajstić information content (AvgIpc) is 3.61. The highest BCUT2D eigenvalue weighted by atomic mass is 19.1. The minimum Gasteiger partial charge on any atom is -0.346 e. The lowest BCUT2D eigenvalue weighted by atomic mass is 10.0. The average molecular weight is 452 g/mol. The van der Waals surface area contributed by atoms with Gasteiger partial charge in [0.2, 0.25) is 0 Å². The zero-order chi connectivity index (χ0) is 23.7. The summed E-state index contributed by atoms with van der Waals surface area (Å²) in [5, 5.41) is 20.3. The van der Waals surface area contributed by atoms with E-state index in [0.29, 0.717) is 17.8 Å². The number of carbonyl (C=O) groups excluding carboxylic acids is 1. The number of nitriles is 1. The molecule has 2 aromatic carbocycles. The van der Waals surface area contributed by atoms with Crippen LogP contribution in [0, 0.1) is 24.1 Å². The van der Waals surface area contributed by atoms with Crippen molar-refractivity contribution in [3.8, 4) is 22.9 Å². The van der Waals surface area contributed by atoms with Gasteiger partial charge in [-0.15, -0.1) is 5.10 Å². The quantitative estimate of drug-likeness (QED) is 0.466. The van der Waals surface area contributed by atoms with Gasteiger partial charge in [0, 0.05) is 24.4 Å². The zero-order valence-electron chi connectivity index (χ0n) is 18.5. The van der Waals surface area contributed by atoms with Gasteiger partial charge in [-0.1, -0.05) is 29.5 Å². The predicted molar refractivity (Wildman–Crippen MR) is 124 cm³/mol. The molecule has 1 fully saturated rings. The molecule has 5 rings (SSSR count). The van der Waals surface area contributed by atoms with Gasteiger partial charge in [-0.25, -0.2) is 9.07 Å². The van der Waals surface area contributed by atoms with Crippen molar-refractivity contribution in [1.82, 2.24) is 25.3 Å². The largest absolute Gasteiger partial charge is 0.346 e. The number of rotatable bonds is 6. The highest BCUT2D eigenvalue weighted by Crippen LogP contribution is 2.42. The van der Waals surface area contributed by atoms with Crippen LogP contribution in [0.2, 0.25) is 0 Å². The summed E-state index contributed by atoms with van der Waals surface area (Å²) in [5.74, 6) is -0.572. The first-order chi connectivity index (χ1) is 16.5. The second-order valence-corrected chi connectivity index (χ2v) is 8.29. The summed E-state index contributed by atoms with van der Waals surface area (Å²) < 4.78 is 15.7. The number of aromatic nitrogens is 4. The molecule has 168 valence electrons. The van der Waals surface area contributed by atoms with E-state index in [1.165, 1.54) is 12.1 Å². The number of pyridine rings is 1. The number of halogens is 1. The number of nitrogens with one attached hydrogen (secondary N) is 1. The molecule has 34 heavy (non-hydrogen) atoms.